The van der Waals surface area contributed by atoms with Crippen molar-refractivity contribution in [3.63, 3.8) is 0 Å². The Morgan fingerprint density at radius 3 is 2.75 bits per heavy atom. The molecule has 0 amide bonds. The minimum absolute atomic E-state index is 0.160. The molecule has 2 heteroatoms. The number of carbonyl (C=O) groups is 2. The quantitative estimate of drug-likeness (QED) is 0.631. The molecule has 0 saturated heterocycles. The fourth-order valence-electron chi connectivity index (χ4n) is 1.94. The second-order valence-electron chi connectivity index (χ2n) is 3.69. The molecule has 0 aromatic heterocycles. The van der Waals surface area contributed by atoms with Crippen LogP contribution in [0.4, 0.5) is 0 Å². The monoisotopic (exact) mass is 168 g/mol. The molecule has 2 nitrogen and oxygen atoms in total. The number of Topliss-reactive ketones (excluding diaryl/α,β-unsaturated/α-hetero) is 2. The van der Waals surface area contributed by atoms with Crippen LogP contribution in [0.25, 0.3) is 0 Å². The molecule has 1 rings (SSSR count). The van der Waals surface area contributed by atoms with Crippen LogP contribution in [0.15, 0.2) is 0 Å². The molecular formula is C10H16O2. The van der Waals surface area contributed by atoms with Crippen molar-refractivity contribution >= 4 is 11.6 Å². The van der Waals surface area contributed by atoms with Crippen LogP contribution in [0.3, 0.4) is 0 Å². The van der Waals surface area contributed by atoms with Gasteiger partial charge in [-0.15, -0.1) is 0 Å². The van der Waals surface area contributed by atoms with Crippen molar-refractivity contribution in [3.8, 4) is 0 Å². The number of carbonyl (C=O) groups excluding carboxylic acids is 2. The molecule has 0 aliphatic heterocycles. The van der Waals surface area contributed by atoms with Gasteiger partial charge in [-0.25, -0.2) is 0 Å². The molecule has 0 spiro atoms. The summed E-state index contributed by atoms with van der Waals surface area (Å²) in [6, 6.07) is 0. The van der Waals surface area contributed by atoms with E-state index in [2.05, 4.69) is 0 Å². The van der Waals surface area contributed by atoms with E-state index in [0.717, 1.165) is 6.42 Å². The van der Waals surface area contributed by atoms with Gasteiger partial charge < -0.3 is 0 Å². The number of hydrogen-bond acceptors (Lipinski definition) is 2. The molecule has 2 unspecified atom stereocenters. The van der Waals surface area contributed by atoms with Crippen LogP contribution in [0.2, 0.25) is 0 Å². The molecule has 68 valence electrons. The maximum atomic E-state index is 11.4. The molecule has 0 bridgehead atoms. The normalized spacial score (nSPS) is 30.3. The van der Waals surface area contributed by atoms with Crippen molar-refractivity contribution in [2.45, 2.75) is 39.5 Å². The van der Waals surface area contributed by atoms with Crippen molar-refractivity contribution in [1.82, 2.24) is 0 Å². The molecule has 1 saturated carbocycles. The van der Waals surface area contributed by atoms with E-state index in [1.54, 1.807) is 0 Å². The van der Waals surface area contributed by atoms with Crippen LogP contribution in [0.1, 0.15) is 39.5 Å². The first-order valence-corrected chi connectivity index (χ1v) is 4.69. The molecule has 1 aliphatic carbocycles. The van der Waals surface area contributed by atoms with Gasteiger partial charge in [-0.1, -0.05) is 13.8 Å². The van der Waals surface area contributed by atoms with Crippen molar-refractivity contribution in [2.24, 2.45) is 11.8 Å². The van der Waals surface area contributed by atoms with Crippen LogP contribution < -0.4 is 0 Å². The average molecular weight is 168 g/mol. The van der Waals surface area contributed by atoms with E-state index < -0.39 is 0 Å². The smallest absolute Gasteiger partial charge is 0.135 e. The standard InChI is InChI=1S/C10H16O2/c1-3-10(12)9-5-4-8(11)6-7(9)2/h7,9H,3-6H2,1-2H3. The Hall–Kier alpha value is -0.660. The van der Waals surface area contributed by atoms with Gasteiger partial charge in [0.25, 0.3) is 0 Å². The predicted molar refractivity (Wildman–Crippen MR) is 46.8 cm³/mol. The third kappa shape index (κ3) is 1.93. The molecule has 0 heterocycles. The Morgan fingerprint density at radius 2 is 2.25 bits per heavy atom. The van der Waals surface area contributed by atoms with Gasteiger partial charge in [-0.3, -0.25) is 9.59 Å². The number of hydrogen-bond donors (Lipinski definition) is 0. The van der Waals surface area contributed by atoms with Gasteiger partial charge in [0, 0.05) is 25.2 Å². The molecule has 1 aliphatic rings. The lowest BCUT2D eigenvalue weighted by molar-refractivity contribution is -0.129. The van der Waals surface area contributed by atoms with E-state index in [1.165, 1.54) is 0 Å². The van der Waals surface area contributed by atoms with Gasteiger partial charge in [-0.05, 0) is 12.3 Å². The molecule has 2 atom stereocenters. The van der Waals surface area contributed by atoms with Gasteiger partial charge in [0.15, 0.2) is 0 Å². The maximum absolute atomic E-state index is 11.4. The van der Waals surface area contributed by atoms with Crippen LogP contribution >= 0.6 is 0 Å². The first-order chi connectivity index (χ1) is 5.65. The van der Waals surface area contributed by atoms with E-state index in [9.17, 15) is 9.59 Å². The van der Waals surface area contributed by atoms with E-state index in [4.69, 9.17) is 0 Å². The lowest BCUT2D eigenvalue weighted by Crippen LogP contribution is -2.28. The van der Waals surface area contributed by atoms with Crippen molar-refractivity contribution < 1.29 is 9.59 Å². The Balaban J connectivity index is 2.56. The molecule has 0 aromatic carbocycles. The lowest BCUT2D eigenvalue weighted by atomic mass is 9.77. The second kappa shape index (κ2) is 3.83. The summed E-state index contributed by atoms with van der Waals surface area (Å²) in [6.45, 7) is 3.90. The van der Waals surface area contributed by atoms with E-state index >= 15 is 0 Å². The van der Waals surface area contributed by atoms with Crippen LogP contribution in [0, 0.1) is 11.8 Å². The van der Waals surface area contributed by atoms with E-state index in [1.807, 2.05) is 13.8 Å². The zero-order chi connectivity index (χ0) is 9.14. The molecule has 1 fully saturated rings. The fourth-order valence-corrected chi connectivity index (χ4v) is 1.94. The van der Waals surface area contributed by atoms with Gasteiger partial charge in [0.2, 0.25) is 0 Å². The Labute approximate surface area is 73.3 Å². The highest BCUT2D eigenvalue weighted by Gasteiger charge is 2.29. The second-order valence-corrected chi connectivity index (χ2v) is 3.69. The number of rotatable bonds is 2. The van der Waals surface area contributed by atoms with E-state index in [0.29, 0.717) is 30.8 Å². The van der Waals surface area contributed by atoms with Crippen molar-refractivity contribution in [1.29, 1.82) is 0 Å². The topological polar surface area (TPSA) is 34.1 Å². The van der Waals surface area contributed by atoms with Gasteiger partial charge in [0.1, 0.15) is 11.6 Å². The van der Waals surface area contributed by atoms with Crippen LogP contribution in [-0.2, 0) is 9.59 Å². The molecule has 0 N–H and O–H groups in total. The molecule has 0 aromatic rings. The number of ketones is 2. The first kappa shape index (κ1) is 9.43. The third-order valence-corrected chi connectivity index (χ3v) is 2.73. The highest BCUT2D eigenvalue weighted by Crippen LogP contribution is 2.28. The zero-order valence-electron chi connectivity index (χ0n) is 7.80. The zero-order valence-corrected chi connectivity index (χ0v) is 7.80. The fraction of sp³-hybridized carbons (Fsp3) is 0.800. The summed E-state index contributed by atoms with van der Waals surface area (Å²) < 4.78 is 0. The molecular weight excluding hydrogens is 152 g/mol. The minimum Gasteiger partial charge on any atom is -0.300 e. The summed E-state index contributed by atoms with van der Waals surface area (Å²) in [5.74, 6) is 1.09. The highest BCUT2D eigenvalue weighted by molar-refractivity contribution is 5.86. The predicted octanol–water partition coefficient (Wildman–Crippen LogP) is 1.97. The summed E-state index contributed by atoms with van der Waals surface area (Å²) >= 11 is 0. The van der Waals surface area contributed by atoms with Crippen LogP contribution in [0.5, 0.6) is 0 Å². The van der Waals surface area contributed by atoms with Crippen molar-refractivity contribution in [2.75, 3.05) is 0 Å². The molecule has 0 radical (unpaired) electrons. The summed E-state index contributed by atoms with van der Waals surface area (Å²) in [5.41, 5.74) is 0. The minimum atomic E-state index is 0.160. The summed E-state index contributed by atoms with van der Waals surface area (Å²) in [7, 11) is 0. The first-order valence-electron chi connectivity index (χ1n) is 4.69. The third-order valence-electron chi connectivity index (χ3n) is 2.73. The highest BCUT2D eigenvalue weighted by atomic mass is 16.1. The maximum Gasteiger partial charge on any atom is 0.135 e. The van der Waals surface area contributed by atoms with Gasteiger partial charge in [-0.2, -0.15) is 0 Å². The Kier molecular flexibility index (Phi) is 3.01. The summed E-state index contributed by atoms with van der Waals surface area (Å²) in [5, 5.41) is 0. The lowest BCUT2D eigenvalue weighted by Gasteiger charge is -2.26. The Bertz CT molecular complexity index is 196. The van der Waals surface area contributed by atoms with Crippen molar-refractivity contribution in [3.05, 3.63) is 0 Å². The summed E-state index contributed by atoms with van der Waals surface area (Å²) in [4.78, 5) is 22.4. The SMILES string of the molecule is CCC(=O)C1CCC(=O)CC1C. The summed E-state index contributed by atoms with van der Waals surface area (Å²) in [6.07, 6.45) is 2.62. The average Bonchev–Trinajstić information content (AvgIpc) is 2.03. The largest absolute Gasteiger partial charge is 0.300 e. The van der Waals surface area contributed by atoms with Gasteiger partial charge in [0.05, 0.1) is 0 Å². The Morgan fingerprint density at radius 1 is 1.58 bits per heavy atom. The van der Waals surface area contributed by atoms with E-state index in [-0.39, 0.29) is 11.8 Å². The van der Waals surface area contributed by atoms with Crippen LogP contribution in [-0.4, -0.2) is 11.6 Å². The molecule has 12 heavy (non-hydrogen) atoms. The van der Waals surface area contributed by atoms with Gasteiger partial charge >= 0.3 is 0 Å².